The van der Waals surface area contributed by atoms with Crippen molar-refractivity contribution in [3.05, 3.63) is 87.6 Å². The summed E-state index contributed by atoms with van der Waals surface area (Å²) in [5.74, 6) is 0.124. The number of nitrogens with zero attached hydrogens (tertiary/aromatic N) is 2. The standard InChI is InChI=1S/C23H22Cl3N3O2S/c24-17-4-7-19(8-5-17)29-15-16(13-28-32(30,31)20-2-1-11-27-14-20)3-10-23(29)21-9-6-18(25)12-22(21)26/h1-2,4-9,11-12,14,16,23,28H,3,10,13,15H2. The van der Waals surface area contributed by atoms with E-state index < -0.39 is 10.0 Å². The number of anilines is 1. The van der Waals surface area contributed by atoms with E-state index in [1.54, 1.807) is 18.3 Å². The summed E-state index contributed by atoms with van der Waals surface area (Å²) in [6, 6.07) is 16.4. The molecule has 0 aliphatic carbocycles. The van der Waals surface area contributed by atoms with E-state index in [9.17, 15) is 8.42 Å². The molecule has 2 unspecified atom stereocenters. The summed E-state index contributed by atoms with van der Waals surface area (Å²) in [7, 11) is -3.61. The van der Waals surface area contributed by atoms with Crippen LogP contribution >= 0.6 is 34.8 Å². The number of piperidine rings is 1. The molecule has 0 saturated carbocycles. The summed E-state index contributed by atoms with van der Waals surface area (Å²) in [5, 5.41) is 1.88. The molecule has 0 radical (unpaired) electrons. The van der Waals surface area contributed by atoms with Gasteiger partial charge in [-0.25, -0.2) is 13.1 Å². The molecule has 168 valence electrons. The SMILES string of the molecule is O=S(=O)(NCC1CCC(c2ccc(Cl)cc2Cl)N(c2ccc(Cl)cc2)C1)c1cccnc1. The maximum absolute atomic E-state index is 12.6. The second-order valence-electron chi connectivity index (χ2n) is 7.79. The quantitative estimate of drug-likeness (QED) is 0.443. The van der Waals surface area contributed by atoms with Gasteiger partial charge in [0.2, 0.25) is 10.0 Å². The fraction of sp³-hybridized carbons (Fsp3) is 0.261. The van der Waals surface area contributed by atoms with Crippen molar-refractivity contribution in [2.45, 2.75) is 23.8 Å². The normalized spacial score (nSPS) is 19.2. The minimum absolute atomic E-state index is 0.0483. The average molecular weight is 511 g/mol. The first-order valence-electron chi connectivity index (χ1n) is 10.2. The molecule has 5 nitrogen and oxygen atoms in total. The van der Waals surface area contributed by atoms with Crippen molar-refractivity contribution in [1.82, 2.24) is 9.71 Å². The molecule has 2 atom stereocenters. The van der Waals surface area contributed by atoms with Crippen LogP contribution in [0.25, 0.3) is 0 Å². The number of pyridine rings is 1. The lowest BCUT2D eigenvalue weighted by Gasteiger charge is -2.42. The summed E-state index contributed by atoms with van der Waals surface area (Å²) in [6.07, 6.45) is 4.57. The Morgan fingerprint density at radius 1 is 1.00 bits per heavy atom. The summed E-state index contributed by atoms with van der Waals surface area (Å²) in [4.78, 5) is 6.33. The van der Waals surface area contributed by atoms with Crippen molar-refractivity contribution < 1.29 is 8.42 Å². The third-order valence-corrected chi connectivity index (χ3v) is 7.89. The lowest BCUT2D eigenvalue weighted by atomic mass is 9.88. The highest BCUT2D eigenvalue weighted by molar-refractivity contribution is 7.89. The molecule has 1 aromatic heterocycles. The molecule has 0 bridgehead atoms. The second-order valence-corrected chi connectivity index (χ2v) is 10.8. The van der Waals surface area contributed by atoms with Gasteiger partial charge in [0.25, 0.3) is 0 Å². The summed E-state index contributed by atoms with van der Waals surface area (Å²) in [5.41, 5.74) is 2.01. The van der Waals surface area contributed by atoms with Crippen LogP contribution in [0.3, 0.4) is 0 Å². The molecule has 3 aromatic rings. The van der Waals surface area contributed by atoms with Gasteiger partial charge in [-0.05, 0) is 72.9 Å². The first kappa shape index (κ1) is 23.3. The number of nitrogens with one attached hydrogen (secondary N) is 1. The Kier molecular flexibility index (Phi) is 7.27. The van der Waals surface area contributed by atoms with Gasteiger partial charge in [0.1, 0.15) is 4.90 Å². The Hall–Kier alpha value is -1.83. The number of hydrogen-bond acceptors (Lipinski definition) is 4. The van der Waals surface area contributed by atoms with Gasteiger partial charge in [-0.15, -0.1) is 0 Å². The number of sulfonamides is 1. The van der Waals surface area contributed by atoms with Crippen LogP contribution in [0.5, 0.6) is 0 Å². The van der Waals surface area contributed by atoms with Gasteiger partial charge >= 0.3 is 0 Å². The number of halogens is 3. The van der Waals surface area contributed by atoms with E-state index in [2.05, 4.69) is 14.6 Å². The van der Waals surface area contributed by atoms with Crippen LogP contribution < -0.4 is 9.62 Å². The van der Waals surface area contributed by atoms with Gasteiger partial charge < -0.3 is 4.90 Å². The number of aromatic nitrogens is 1. The lowest BCUT2D eigenvalue weighted by molar-refractivity contribution is 0.358. The molecular weight excluding hydrogens is 489 g/mol. The van der Waals surface area contributed by atoms with Crippen LogP contribution in [0.1, 0.15) is 24.4 Å². The Balaban J connectivity index is 1.55. The fourth-order valence-corrected chi connectivity index (χ4v) is 5.78. The summed E-state index contributed by atoms with van der Waals surface area (Å²) < 4.78 is 28.0. The van der Waals surface area contributed by atoms with Crippen molar-refractivity contribution in [1.29, 1.82) is 0 Å². The molecule has 1 aliphatic heterocycles. The highest BCUT2D eigenvalue weighted by Crippen LogP contribution is 2.40. The third kappa shape index (κ3) is 5.38. The molecule has 9 heteroatoms. The van der Waals surface area contributed by atoms with Crippen LogP contribution in [0.2, 0.25) is 15.1 Å². The zero-order valence-electron chi connectivity index (χ0n) is 17.1. The van der Waals surface area contributed by atoms with Crippen LogP contribution in [0.15, 0.2) is 71.9 Å². The maximum Gasteiger partial charge on any atom is 0.242 e. The minimum atomic E-state index is -3.61. The topological polar surface area (TPSA) is 62.3 Å². The van der Waals surface area contributed by atoms with Gasteiger partial charge in [0, 0.05) is 46.2 Å². The van der Waals surface area contributed by atoms with E-state index >= 15 is 0 Å². The number of rotatable bonds is 6. The zero-order chi connectivity index (χ0) is 22.7. The fourth-order valence-electron chi connectivity index (χ4n) is 4.04. The summed E-state index contributed by atoms with van der Waals surface area (Å²) in [6.45, 7) is 1.00. The van der Waals surface area contributed by atoms with Gasteiger partial charge in [-0.3, -0.25) is 4.98 Å². The second kappa shape index (κ2) is 9.98. The van der Waals surface area contributed by atoms with E-state index in [-0.39, 0.29) is 16.9 Å². The van der Waals surface area contributed by atoms with E-state index in [1.165, 1.54) is 12.3 Å². The highest BCUT2D eigenvalue weighted by atomic mass is 35.5. The van der Waals surface area contributed by atoms with E-state index in [0.29, 0.717) is 28.2 Å². The van der Waals surface area contributed by atoms with Crippen LogP contribution in [-0.2, 0) is 10.0 Å². The molecule has 2 aromatic carbocycles. The largest absolute Gasteiger partial charge is 0.364 e. The molecule has 1 fully saturated rings. The molecule has 2 heterocycles. The van der Waals surface area contributed by atoms with Crippen molar-refractivity contribution in [3.8, 4) is 0 Å². The molecule has 1 saturated heterocycles. The van der Waals surface area contributed by atoms with Crippen molar-refractivity contribution in [2.75, 3.05) is 18.0 Å². The monoisotopic (exact) mass is 509 g/mol. The predicted molar refractivity (Wildman–Crippen MR) is 130 cm³/mol. The van der Waals surface area contributed by atoms with E-state index in [4.69, 9.17) is 34.8 Å². The molecule has 0 spiro atoms. The minimum Gasteiger partial charge on any atom is -0.364 e. The van der Waals surface area contributed by atoms with Gasteiger partial charge in [-0.1, -0.05) is 40.9 Å². The lowest BCUT2D eigenvalue weighted by Crippen LogP contribution is -2.42. The Bertz CT molecular complexity index is 1170. The first-order chi connectivity index (χ1) is 15.3. The summed E-state index contributed by atoms with van der Waals surface area (Å²) >= 11 is 18.7. The van der Waals surface area contributed by atoms with Crippen molar-refractivity contribution in [2.24, 2.45) is 5.92 Å². The number of benzene rings is 2. The van der Waals surface area contributed by atoms with E-state index in [1.807, 2.05) is 36.4 Å². The zero-order valence-corrected chi connectivity index (χ0v) is 20.2. The van der Waals surface area contributed by atoms with Crippen LogP contribution in [0, 0.1) is 5.92 Å². The molecule has 32 heavy (non-hydrogen) atoms. The number of hydrogen-bond donors (Lipinski definition) is 1. The molecule has 1 aliphatic rings. The van der Waals surface area contributed by atoms with Gasteiger partial charge in [0.15, 0.2) is 0 Å². The maximum atomic E-state index is 12.6. The Morgan fingerprint density at radius 3 is 2.44 bits per heavy atom. The molecule has 1 N–H and O–H groups in total. The smallest absolute Gasteiger partial charge is 0.242 e. The average Bonchev–Trinajstić information content (AvgIpc) is 2.79. The predicted octanol–water partition coefficient (Wildman–Crippen LogP) is 5.98. The van der Waals surface area contributed by atoms with Crippen molar-refractivity contribution >= 4 is 50.5 Å². The van der Waals surface area contributed by atoms with Crippen LogP contribution in [0.4, 0.5) is 5.69 Å². The Morgan fingerprint density at radius 2 is 1.75 bits per heavy atom. The van der Waals surface area contributed by atoms with Gasteiger partial charge in [0.05, 0.1) is 6.04 Å². The Labute approximate surface area is 203 Å². The highest BCUT2D eigenvalue weighted by Gasteiger charge is 2.31. The van der Waals surface area contributed by atoms with E-state index in [0.717, 1.165) is 24.1 Å². The van der Waals surface area contributed by atoms with Crippen LogP contribution in [-0.4, -0.2) is 26.5 Å². The molecule has 0 amide bonds. The first-order valence-corrected chi connectivity index (χ1v) is 12.8. The molecule has 4 rings (SSSR count). The third-order valence-electron chi connectivity index (χ3n) is 5.67. The molecular formula is C23H22Cl3N3O2S. The van der Waals surface area contributed by atoms with Crippen molar-refractivity contribution in [3.63, 3.8) is 0 Å². The van der Waals surface area contributed by atoms with Gasteiger partial charge in [-0.2, -0.15) is 0 Å².